The smallest absolute Gasteiger partial charge is 0.0479 e. The van der Waals surface area contributed by atoms with Crippen LogP contribution in [-0.4, -0.2) is 47.6 Å². The first-order chi connectivity index (χ1) is 9.14. The Morgan fingerprint density at radius 1 is 1.53 bits per heavy atom. The van der Waals surface area contributed by atoms with Crippen LogP contribution in [0.1, 0.15) is 31.7 Å². The van der Waals surface area contributed by atoms with Crippen LogP contribution in [0.4, 0.5) is 0 Å². The highest BCUT2D eigenvalue weighted by atomic mass is 32.1. The highest BCUT2D eigenvalue weighted by molar-refractivity contribution is 7.07. The summed E-state index contributed by atoms with van der Waals surface area (Å²) < 4.78 is 0. The van der Waals surface area contributed by atoms with Crippen molar-refractivity contribution in [3.8, 4) is 0 Å². The molecule has 1 aliphatic heterocycles. The highest BCUT2D eigenvalue weighted by Gasteiger charge is 2.48. The van der Waals surface area contributed by atoms with Crippen molar-refractivity contribution in [2.75, 3.05) is 20.1 Å². The van der Waals surface area contributed by atoms with Gasteiger partial charge in [-0.25, -0.2) is 0 Å². The van der Waals surface area contributed by atoms with Crippen molar-refractivity contribution in [2.24, 2.45) is 5.73 Å². The molecule has 0 bridgehead atoms. The zero-order valence-electron chi connectivity index (χ0n) is 12.0. The Hall–Kier alpha value is -0.420. The molecule has 1 saturated carbocycles. The van der Waals surface area contributed by atoms with Crippen LogP contribution in [0.25, 0.3) is 0 Å². The van der Waals surface area contributed by atoms with Gasteiger partial charge in [0.25, 0.3) is 0 Å². The molecule has 0 amide bonds. The van der Waals surface area contributed by atoms with E-state index >= 15 is 0 Å². The largest absolute Gasteiger partial charge is 0.329 e. The predicted molar refractivity (Wildman–Crippen MR) is 81.4 cm³/mol. The maximum absolute atomic E-state index is 6.22. The molecule has 2 atom stereocenters. The van der Waals surface area contributed by atoms with Crippen LogP contribution >= 0.6 is 11.3 Å². The van der Waals surface area contributed by atoms with E-state index in [9.17, 15) is 0 Å². The molecule has 2 unspecified atom stereocenters. The van der Waals surface area contributed by atoms with Gasteiger partial charge in [-0.1, -0.05) is 0 Å². The zero-order valence-corrected chi connectivity index (χ0v) is 12.8. The van der Waals surface area contributed by atoms with E-state index in [0.717, 1.165) is 25.7 Å². The summed E-state index contributed by atoms with van der Waals surface area (Å²) in [6.07, 6.45) is 3.91. The molecule has 2 aliphatic rings. The summed E-state index contributed by atoms with van der Waals surface area (Å²) in [6.45, 7) is 5.30. The van der Waals surface area contributed by atoms with Crippen molar-refractivity contribution >= 4 is 11.3 Å². The number of likely N-dealkylation sites (N-methyl/N-ethyl adjacent to an activating group) is 1. The van der Waals surface area contributed by atoms with Crippen LogP contribution in [-0.2, 0) is 6.54 Å². The minimum Gasteiger partial charge on any atom is -0.329 e. The lowest BCUT2D eigenvalue weighted by Crippen LogP contribution is -2.56. The first-order valence-electron chi connectivity index (χ1n) is 7.33. The van der Waals surface area contributed by atoms with E-state index in [1.807, 2.05) is 0 Å². The van der Waals surface area contributed by atoms with Gasteiger partial charge in [0.15, 0.2) is 0 Å². The Morgan fingerprint density at radius 2 is 2.32 bits per heavy atom. The first kappa shape index (κ1) is 13.6. The van der Waals surface area contributed by atoms with Gasteiger partial charge in [0, 0.05) is 37.3 Å². The minimum atomic E-state index is 0.192. The van der Waals surface area contributed by atoms with E-state index in [2.05, 4.69) is 40.6 Å². The van der Waals surface area contributed by atoms with Crippen LogP contribution < -0.4 is 5.73 Å². The van der Waals surface area contributed by atoms with Crippen LogP contribution in [0.5, 0.6) is 0 Å². The third kappa shape index (κ3) is 2.59. The molecule has 106 valence electrons. The lowest BCUT2D eigenvalue weighted by atomic mass is 9.93. The normalized spacial score (nSPS) is 32.3. The molecule has 3 nitrogen and oxygen atoms in total. The summed E-state index contributed by atoms with van der Waals surface area (Å²) in [7, 11) is 2.23. The molecular formula is C15H25N3S. The third-order valence-electron chi connectivity index (χ3n) is 4.88. The summed E-state index contributed by atoms with van der Waals surface area (Å²) in [4.78, 5) is 5.19. The molecule has 4 heteroatoms. The van der Waals surface area contributed by atoms with Crippen molar-refractivity contribution in [3.63, 3.8) is 0 Å². The van der Waals surface area contributed by atoms with E-state index in [-0.39, 0.29) is 5.54 Å². The van der Waals surface area contributed by atoms with Crippen molar-refractivity contribution in [3.05, 3.63) is 22.4 Å². The fraction of sp³-hybridized carbons (Fsp3) is 0.733. The molecule has 3 rings (SSSR count). The summed E-state index contributed by atoms with van der Waals surface area (Å²) in [6, 6.07) is 3.67. The number of nitrogens with zero attached hydrogens (tertiary/aromatic N) is 2. The van der Waals surface area contributed by atoms with E-state index in [1.165, 1.54) is 24.8 Å². The van der Waals surface area contributed by atoms with Gasteiger partial charge in [0.1, 0.15) is 0 Å². The summed E-state index contributed by atoms with van der Waals surface area (Å²) >= 11 is 1.80. The second-order valence-corrected chi connectivity index (χ2v) is 7.17. The average Bonchev–Trinajstić information content (AvgIpc) is 3.02. The van der Waals surface area contributed by atoms with Crippen molar-refractivity contribution in [2.45, 2.75) is 50.4 Å². The molecular weight excluding hydrogens is 254 g/mol. The SMILES string of the molecule is CC1CC(CN)(N(Cc2ccsc2)C2CC2)CN1C. The Morgan fingerprint density at radius 3 is 2.79 bits per heavy atom. The number of hydrogen-bond acceptors (Lipinski definition) is 4. The predicted octanol–water partition coefficient (Wildman–Crippen LogP) is 2.13. The van der Waals surface area contributed by atoms with E-state index in [4.69, 9.17) is 5.73 Å². The maximum atomic E-state index is 6.22. The number of hydrogen-bond donors (Lipinski definition) is 1. The van der Waals surface area contributed by atoms with E-state index in [1.54, 1.807) is 11.3 Å². The molecule has 1 aliphatic carbocycles. The molecule has 0 spiro atoms. The number of nitrogens with two attached hydrogens (primary N) is 1. The van der Waals surface area contributed by atoms with Gasteiger partial charge in [0.05, 0.1) is 0 Å². The molecule has 2 N–H and O–H groups in total. The fourth-order valence-corrected chi connectivity index (χ4v) is 4.17. The first-order valence-corrected chi connectivity index (χ1v) is 8.27. The Kier molecular flexibility index (Phi) is 3.69. The minimum absolute atomic E-state index is 0.192. The maximum Gasteiger partial charge on any atom is 0.0479 e. The molecule has 0 radical (unpaired) electrons. The molecule has 0 aromatic carbocycles. The number of rotatable bonds is 5. The summed E-state index contributed by atoms with van der Waals surface area (Å²) in [5.74, 6) is 0. The quantitative estimate of drug-likeness (QED) is 0.896. The molecule has 19 heavy (non-hydrogen) atoms. The second kappa shape index (κ2) is 5.17. The monoisotopic (exact) mass is 279 g/mol. The van der Waals surface area contributed by atoms with Gasteiger partial charge in [-0.15, -0.1) is 0 Å². The van der Waals surface area contributed by atoms with Gasteiger partial charge in [-0.2, -0.15) is 11.3 Å². The van der Waals surface area contributed by atoms with Crippen LogP contribution in [0, 0.1) is 0 Å². The van der Waals surface area contributed by atoms with Gasteiger partial charge < -0.3 is 10.6 Å². The van der Waals surface area contributed by atoms with E-state index in [0.29, 0.717) is 6.04 Å². The van der Waals surface area contributed by atoms with Crippen molar-refractivity contribution in [1.29, 1.82) is 0 Å². The molecule has 1 aromatic heterocycles. The summed E-state index contributed by atoms with van der Waals surface area (Å²) in [5.41, 5.74) is 7.87. The Balaban J connectivity index is 1.82. The van der Waals surface area contributed by atoms with Gasteiger partial charge >= 0.3 is 0 Å². The van der Waals surface area contributed by atoms with E-state index < -0.39 is 0 Å². The number of likely N-dealkylation sites (tertiary alicyclic amines) is 1. The number of thiophene rings is 1. The zero-order chi connectivity index (χ0) is 13.5. The standard InChI is InChI=1S/C15H25N3S/c1-12-7-15(10-16,11-17(12)2)18(14-3-4-14)8-13-5-6-19-9-13/h5-6,9,12,14H,3-4,7-8,10-11,16H2,1-2H3. The lowest BCUT2D eigenvalue weighted by Gasteiger charge is -2.41. The van der Waals surface area contributed by atoms with Crippen LogP contribution in [0.3, 0.4) is 0 Å². The molecule has 1 saturated heterocycles. The average molecular weight is 279 g/mol. The second-order valence-electron chi connectivity index (χ2n) is 6.39. The Labute approximate surface area is 120 Å². The van der Waals surface area contributed by atoms with Crippen molar-refractivity contribution < 1.29 is 0 Å². The fourth-order valence-electron chi connectivity index (χ4n) is 3.51. The molecule has 1 aromatic rings. The lowest BCUT2D eigenvalue weighted by molar-refractivity contribution is 0.0840. The molecule has 2 heterocycles. The van der Waals surface area contributed by atoms with Crippen LogP contribution in [0.2, 0.25) is 0 Å². The molecule has 2 fully saturated rings. The Bertz CT molecular complexity index is 403. The summed E-state index contributed by atoms with van der Waals surface area (Å²) in [5, 5.41) is 4.46. The van der Waals surface area contributed by atoms with Gasteiger partial charge in [-0.3, -0.25) is 4.90 Å². The van der Waals surface area contributed by atoms with Crippen molar-refractivity contribution in [1.82, 2.24) is 9.80 Å². The van der Waals surface area contributed by atoms with Gasteiger partial charge in [0.2, 0.25) is 0 Å². The van der Waals surface area contributed by atoms with Gasteiger partial charge in [-0.05, 0) is 55.6 Å². The topological polar surface area (TPSA) is 32.5 Å². The van der Waals surface area contributed by atoms with Crippen LogP contribution in [0.15, 0.2) is 16.8 Å². The highest BCUT2D eigenvalue weighted by Crippen LogP contribution is 2.40. The third-order valence-corrected chi connectivity index (χ3v) is 5.61.